The molecule has 0 unspecified atom stereocenters. The van der Waals surface area contributed by atoms with Crippen molar-refractivity contribution in [3.8, 4) is 0 Å². The highest BCUT2D eigenvalue weighted by Crippen LogP contribution is 2.03. The Morgan fingerprint density at radius 1 is 1.67 bits per heavy atom. The Labute approximate surface area is 67.3 Å². The van der Waals surface area contributed by atoms with E-state index in [0.717, 1.165) is 0 Å². The van der Waals surface area contributed by atoms with E-state index in [0.29, 0.717) is 11.2 Å². The van der Waals surface area contributed by atoms with E-state index < -0.39 is 0 Å². The van der Waals surface area contributed by atoms with Gasteiger partial charge in [-0.3, -0.25) is 9.89 Å². The first kappa shape index (κ1) is 7.05. The molecular formula is C7H7N3O2. The smallest absolute Gasteiger partial charge is 0.272 e. The van der Waals surface area contributed by atoms with Crippen molar-refractivity contribution in [3.63, 3.8) is 0 Å². The molecule has 0 aromatic carbocycles. The van der Waals surface area contributed by atoms with Crippen molar-refractivity contribution >= 4 is 5.65 Å². The molecule has 0 aliphatic heterocycles. The van der Waals surface area contributed by atoms with Crippen LogP contribution >= 0.6 is 0 Å². The van der Waals surface area contributed by atoms with Crippen LogP contribution in [0.4, 0.5) is 0 Å². The summed E-state index contributed by atoms with van der Waals surface area (Å²) >= 11 is 0. The second kappa shape index (κ2) is 2.46. The van der Waals surface area contributed by atoms with Gasteiger partial charge in [-0.2, -0.15) is 0 Å². The molecule has 2 aromatic heterocycles. The molecule has 0 amide bonds. The standard InChI is InChI=1S/C7H7N3O2/c11-4-5-3-9-10-6(12)1-2-8-7(5)10/h1-3,9,11H,4H2. The number of aliphatic hydroxyl groups is 1. The van der Waals surface area contributed by atoms with Crippen LogP contribution in [-0.2, 0) is 6.61 Å². The Kier molecular flexibility index (Phi) is 1.44. The summed E-state index contributed by atoms with van der Waals surface area (Å²) in [7, 11) is 0. The molecule has 5 heteroatoms. The predicted molar refractivity (Wildman–Crippen MR) is 41.7 cm³/mol. The Hall–Kier alpha value is -1.62. The largest absolute Gasteiger partial charge is 0.391 e. The lowest BCUT2D eigenvalue weighted by atomic mass is 10.4. The van der Waals surface area contributed by atoms with Gasteiger partial charge in [0.2, 0.25) is 0 Å². The molecule has 2 heterocycles. The van der Waals surface area contributed by atoms with Crippen molar-refractivity contribution in [1.29, 1.82) is 0 Å². The molecule has 0 fully saturated rings. The van der Waals surface area contributed by atoms with Gasteiger partial charge in [-0.1, -0.05) is 0 Å². The summed E-state index contributed by atoms with van der Waals surface area (Å²) < 4.78 is 1.28. The highest BCUT2D eigenvalue weighted by molar-refractivity contribution is 5.44. The monoisotopic (exact) mass is 165 g/mol. The van der Waals surface area contributed by atoms with Crippen LogP contribution in [0.15, 0.2) is 23.3 Å². The van der Waals surface area contributed by atoms with Crippen LogP contribution < -0.4 is 5.56 Å². The van der Waals surface area contributed by atoms with Crippen molar-refractivity contribution in [2.45, 2.75) is 6.61 Å². The molecule has 0 bridgehead atoms. The minimum absolute atomic E-state index is 0.122. The Morgan fingerprint density at radius 3 is 3.25 bits per heavy atom. The van der Waals surface area contributed by atoms with E-state index in [1.54, 1.807) is 6.20 Å². The number of nitrogens with zero attached hydrogens (tertiary/aromatic N) is 2. The van der Waals surface area contributed by atoms with Gasteiger partial charge < -0.3 is 5.11 Å². The molecule has 2 N–H and O–H groups in total. The highest BCUT2D eigenvalue weighted by Gasteiger charge is 2.03. The van der Waals surface area contributed by atoms with E-state index in [9.17, 15) is 4.79 Å². The summed E-state index contributed by atoms with van der Waals surface area (Å²) in [6.45, 7) is -0.122. The number of aliphatic hydroxyl groups excluding tert-OH is 1. The van der Waals surface area contributed by atoms with Gasteiger partial charge >= 0.3 is 0 Å². The van der Waals surface area contributed by atoms with Crippen molar-refractivity contribution in [2.75, 3.05) is 0 Å². The van der Waals surface area contributed by atoms with Gasteiger partial charge in [0.1, 0.15) is 0 Å². The first-order chi connectivity index (χ1) is 5.83. The zero-order valence-electron chi connectivity index (χ0n) is 6.19. The van der Waals surface area contributed by atoms with E-state index in [2.05, 4.69) is 10.1 Å². The Morgan fingerprint density at radius 2 is 2.50 bits per heavy atom. The van der Waals surface area contributed by atoms with E-state index in [1.165, 1.54) is 16.8 Å². The van der Waals surface area contributed by atoms with Gasteiger partial charge in [-0.25, -0.2) is 9.50 Å². The lowest BCUT2D eigenvalue weighted by molar-refractivity contribution is 0.283. The summed E-state index contributed by atoms with van der Waals surface area (Å²) in [5.74, 6) is 0. The summed E-state index contributed by atoms with van der Waals surface area (Å²) in [4.78, 5) is 15.1. The average Bonchev–Trinajstić information content (AvgIpc) is 2.49. The van der Waals surface area contributed by atoms with Crippen molar-refractivity contribution in [2.24, 2.45) is 0 Å². The lowest BCUT2D eigenvalue weighted by Crippen LogP contribution is -2.12. The second-order valence-electron chi connectivity index (χ2n) is 2.40. The van der Waals surface area contributed by atoms with Gasteiger partial charge in [0, 0.05) is 24.0 Å². The number of aromatic amines is 1. The van der Waals surface area contributed by atoms with Crippen LogP contribution in [-0.4, -0.2) is 19.7 Å². The van der Waals surface area contributed by atoms with Crippen molar-refractivity contribution in [1.82, 2.24) is 14.6 Å². The van der Waals surface area contributed by atoms with Gasteiger partial charge in [0.25, 0.3) is 5.56 Å². The highest BCUT2D eigenvalue weighted by atomic mass is 16.3. The van der Waals surface area contributed by atoms with Crippen LogP contribution in [0.1, 0.15) is 5.56 Å². The van der Waals surface area contributed by atoms with Crippen molar-refractivity contribution < 1.29 is 5.11 Å². The van der Waals surface area contributed by atoms with Crippen LogP contribution in [0.3, 0.4) is 0 Å². The molecule has 0 radical (unpaired) electrons. The maximum atomic E-state index is 11.1. The number of H-pyrrole nitrogens is 1. The third-order valence-corrected chi connectivity index (χ3v) is 1.67. The van der Waals surface area contributed by atoms with E-state index in [4.69, 9.17) is 5.11 Å². The van der Waals surface area contributed by atoms with Crippen molar-refractivity contribution in [3.05, 3.63) is 34.4 Å². The number of hydrogen-bond acceptors (Lipinski definition) is 3. The topological polar surface area (TPSA) is 70.4 Å². The number of hydrogen-bond donors (Lipinski definition) is 2. The second-order valence-corrected chi connectivity index (χ2v) is 2.40. The molecule has 5 nitrogen and oxygen atoms in total. The zero-order valence-corrected chi connectivity index (χ0v) is 6.19. The summed E-state index contributed by atoms with van der Waals surface area (Å²) in [5.41, 5.74) is 0.914. The first-order valence-corrected chi connectivity index (χ1v) is 3.48. The lowest BCUT2D eigenvalue weighted by Gasteiger charge is -1.90. The molecule has 0 aliphatic rings. The number of fused-ring (bicyclic) bond motifs is 1. The van der Waals surface area contributed by atoms with E-state index in [-0.39, 0.29) is 12.2 Å². The fourth-order valence-electron chi connectivity index (χ4n) is 1.08. The molecule has 12 heavy (non-hydrogen) atoms. The fraction of sp³-hybridized carbons (Fsp3) is 0.143. The SMILES string of the molecule is O=c1ccnc2c(CO)c[nH]n12. The number of nitrogens with one attached hydrogen (secondary N) is 1. The van der Waals surface area contributed by atoms with Gasteiger partial charge in [0.05, 0.1) is 6.61 Å². The molecule has 62 valence electrons. The fourth-order valence-corrected chi connectivity index (χ4v) is 1.08. The predicted octanol–water partition coefficient (Wildman–Crippen LogP) is -0.485. The molecule has 0 aliphatic carbocycles. The molecule has 2 rings (SSSR count). The van der Waals surface area contributed by atoms with Crippen LogP contribution in [0.2, 0.25) is 0 Å². The van der Waals surface area contributed by atoms with Gasteiger partial charge in [0.15, 0.2) is 5.65 Å². The van der Waals surface area contributed by atoms with Crippen LogP contribution in [0.5, 0.6) is 0 Å². The van der Waals surface area contributed by atoms with Gasteiger partial charge in [-0.05, 0) is 0 Å². The molecule has 0 saturated heterocycles. The maximum absolute atomic E-state index is 11.1. The zero-order chi connectivity index (χ0) is 8.55. The van der Waals surface area contributed by atoms with Gasteiger partial charge in [-0.15, -0.1) is 0 Å². The molecular weight excluding hydrogens is 158 g/mol. The molecule has 2 aromatic rings. The minimum atomic E-state index is -0.181. The molecule has 0 spiro atoms. The van der Waals surface area contributed by atoms with Crippen LogP contribution in [0, 0.1) is 0 Å². The molecule has 0 saturated carbocycles. The quantitative estimate of drug-likeness (QED) is 0.599. The Balaban J connectivity index is 2.89. The Bertz CT molecular complexity index is 457. The number of rotatable bonds is 1. The van der Waals surface area contributed by atoms with E-state index in [1.807, 2.05) is 0 Å². The summed E-state index contributed by atoms with van der Waals surface area (Å²) in [5, 5.41) is 11.5. The number of aromatic nitrogens is 3. The maximum Gasteiger partial charge on any atom is 0.272 e. The first-order valence-electron chi connectivity index (χ1n) is 3.48. The summed E-state index contributed by atoms with van der Waals surface area (Å²) in [6, 6.07) is 1.35. The van der Waals surface area contributed by atoms with E-state index >= 15 is 0 Å². The molecule has 0 atom stereocenters. The summed E-state index contributed by atoms with van der Waals surface area (Å²) in [6.07, 6.45) is 2.98. The normalized spacial score (nSPS) is 10.8. The third kappa shape index (κ3) is 0.835. The minimum Gasteiger partial charge on any atom is -0.391 e. The van der Waals surface area contributed by atoms with Crippen LogP contribution in [0.25, 0.3) is 5.65 Å². The third-order valence-electron chi connectivity index (χ3n) is 1.67. The average molecular weight is 165 g/mol.